The molecule has 130 valence electrons. The summed E-state index contributed by atoms with van der Waals surface area (Å²) >= 11 is 1.34. The molecule has 3 aromatic rings. The Morgan fingerprint density at radius 3 is 2.68 bits per heavy atom. The number of carbonyl (C=O) groups excluding carboxylic acids is 1. The molecule has 0 aliphatic rings. The fourth-order valence-electron chi connectivity index (χ4n) is 2.22. The third-order valence-corrected chi connectivity index (χ3v) is 4.43. The van der Waals surface area contributed by atoms with Crippen molar-refractivity contribution < 1.29 is 14.3 Å². The highest BCUT2D eigenvalue weighted by molar-refractivity contribution is 7.99. The first-order valence-electron chi connectivity index (χ1n) is 7.44. The second-order valence-corrected chi connectivity index (χ2v) is 5.99. The molecule has 1 aromatic carbocycles. The second kappa shape index (κ2) is 7.39. The smallest absolute Gasteiger partial charge is 0.230 e. The van der Waals surface area contributed by atoms with Crippen molar-refractivity contribution in [3.05, 3.63) is 30.3 Å². The molecule has 0 unspecified atom stereocenters. The summed E-state index contributed by atoms with van der Waals surface area (Å²) in [5.74, 6) is 2.05. The Bertz CT molecular complexity index is 912. The van der Waals surface area contributed by atoms with Gasteiger partial charge in [-0.15, -0.1) is 10.2 Å². The first-order valence-corrected chi connectivity index (χ1v) is 8.43. The van der Waals surface area contributed by atoms with E-state index in [4.69, 9.17) is 9.47 Å². The molecular weight excluding hydrogens is 342 g/mol. The summed E-state index contributed by atoms with van der Waals surface area (Å²) in [7, 11) is 4.77. The second-order valence-electron chi connectivity index (χ2n) is 5.00. The van der Waals surface area contributed by atoms with Crippen molar-refractivity contribution >= 4 is 23.3 Å². The minimum atomic E-state index is -0.0595. The van der Waals surface area contributed by atoms with Gasteiger partial charge in [-0.05, 0) is 30.3 Å². The Morgan fingerprint density at radius 1 is 1.16 bits per heavy atom. The van der Waals surface area contributed by atoms with Crippen LogP contribution in [0.4, 0.5) is 0 Å². The lowest BCUT2D eigenvalue weighted by atomic mass is 10.2. The zero-order chi connectivity index (χ0) is 17.8. The van der Waals surface area contributed by atoms with Crippen LogP contribution in [0.2, 0.25) is 0 Å². The predicted octanol–water partition coefficient (Wildman–Crippen LogP) is 1.65. The molecule has 2 heterocycles. The van der Waals surface area contributed by atoms with Crippen LogP contribution in [-0.4, -0.2) is 52.7 Å². The summed E-state index contributed by atoms with van der Waals surface area (Å²) in [6, 6.07) is 9.12. The van der Waals surface area contributed by atoms with Crippen LogP contribution in [0.1, 0.15) is 0 Å². The molecule has 0 radical (unpaired) electrons. The van der Waals surface area contributed by atoms with E-state index in [-0.39, 0.29) is 5.91 Å². The molecular formula is C16H17N5O3S. The molecule has 9 heteroatoms. The molecule has 1 N–H and O–H groups in total. The molecule has 0 saturated carbocycles. The van der Waals surface area contributed by atoms with Crippen molar-refractivity contribution in [2.45, 2.75) is 5.03 Å². The standard InChI is InChI=1S/C16H17N5O3S/c1-17-14(22)9-25-15-7-6-13-18-19-16(21(13)20-15)10-4-5-11(23-2)12(8-10)24-3/h4-8H,9H2,1-3H3,(H,17,22). The minimum absolute atomic E-state index is 0.0595. The van der Waals surface area contributed by atoms with Crippen molar-refractivity contribution in [2.24, 2.45) is 0 Å². The van der Waals surface area contributed by atoms with Crippen LogP contribution in [0.5, 0.6) is 11.5 Å². The highest BCUT2D eigenvalue weighted by atomic mass is 32.2. The monoisotopic (exact) mass is 359 g/mol. The van der Waals surface area contributed by atoms with E-state index < -0.39 is 0 Å². The highest BCUT2D eigenvalue weighted by Gasteiger charge is 2.13. The molecule has 3 rings (SSSR count). The van der Waals surface area contributed by atoms with Crippen LogP contribution in [0, 0.1) is 0 Å². The van der Waals surface area contributed by atoms with Crippen LogP contribution in [-0.2, 0) is 4.79 Å². The third kappa shape index (κ3) is 3.50. The molecule has 0 bridgehead atoms. The normalized spacial score (nSPS) is 10.7. The maximum absolute atomic E-state index is 11.4. The number of carbonyl (C=O) groups is 1. The van der Waals surface area contributed by atoms with E-state index in [1.54, 1.807) is 31.8 Å². The average Bonchev–Trinajstić information content (AvgIpc) is 3.08. The van der Waals surface area contributed by atoms with Gasteiger partial charge in [0.2, 0.25) is 5.91 Å². The summed E-state index contributed by atoms with van der Waals surface area (Å²) in [6.07, 6.45) is 0. The number of methoxy groups -OCH3 is 2. The molecule has 0 saturated heterocycles. The average molecular weight is 359 g/mol. The maximum atomic E-state index is 11.4. The molecule has 0 fully saturated rings. The molecule has 0 spiro atoms. The Kier molecular flexibility index (Phi) is 5.03. The van der Waals surface area contributed by atoms with Gasteiger partial charge in [0.15, 0.2) is 23.0 Å². The van der Waals surface area contributed by atoms with E-state index in [2.05, 4.69) is 20.6 Å². The number of amides is 1. The number of hydrogen-bond acceptors (Lipinski definition) is 7. The molecule has 25 heavy (non-hydrogen) atoms. The number of benzene rings is 1. The van der Waals surface area contributed by atoms with Gasteiger partial charge in [-0.25, -0.2) is 0 Å². The third-order valence-electron chi connectivity index (χ3n) is 3.51. The summed E-state index contributed by atoms with van der Waals surface area (Å²) in [6.45, 7) is 0. The number of nitrogens with zero attached hydrogens (tertiary/aromatic N) is 4. The highest BCUT2D eigenvalue weighted by Crippen LogP contribution is 2.31. The van der Waals surface area contributed by atoms with Crippen molar-refractivity contribution in [1.82, 2.24) is 25.1 Å². The fourth-order valence-corrected chi connectivity index (χ4v) is 2.94. The summed E-state index contributed by atoms with van der Waals surface area (Å²) in [5, 5.41) is 16.2. The number of hydrogen-bond donors (Lipinski definition) is 1. The van der Waals surface area contributed by atoms with Crippen LogP contribution < -0.4 is 14.8 Å². The lowest BCUT2D eigenvalue weighted by Crippen LogP contribution is -2.19. The van der Waals surface area contributed by atoms with E-state index in [1.165, 1.54) is 11.8 Å². The first-order chi connectivity index (χ1) is 12.2. The number of rotatable bonds is 6. The Morgan fingerprint density at radius 2 is 1.96 bits per heavy atom. The van der Waals surface area contributed by atoms with Gasteiger partial charge in [-0.1, -0.05) is 11.8 Å². The maximum Gasteiger partial charge on any atom is 0.230 e. The van der Waals surface area contributed by atoms with Gasteiger partial charge in [0.25, 0.3) is 0 Å². The molecule has 1 amide bonds. The van der Waals surface area contributed by atoms with E-state index >= 15 is 0 Å². The lowest BCUT2D eigenvalue weighted by Gasteiger charge is -2.08. The SMILES string of the molecule is CNC(=O)CSc1ccc2nnc(-c3ccc(OC)c(OC)c3)n2n1. The van der Waals surface area contributed by atoms with Gasteiger partial charge in [-0.3, -0.25) is 4.79 Å². The minimum Gasteiger partial charge on any atom is -0.493 e. The zero-order valence-corrected chi connectivity index (χ0v) is 14.8. The van der Waals surface area contributed by atoms with Gasteiger partial charge < -0.3 is 14.8 Å². The Hall–Kier alpha value is -2.81. The van der Waals surface area contributed by atoms with Crippen LogP contribution in [0.15, 0.2) is 35.4 Å². The van der Waals surface area contributed by atoms with Gasteiger partial charge in [-0.2, -0.15) is 9.61 Å². The predicted molar refractivity (Wildman–Crippen MR) is 94.1 cm³/mol. The molecule has 0 aliphatic heterocycles. The van der Waals surface area contributed by atoms with Crippen molar-refractivity contribution in [1.29, 1.82) is 0 Å². The number of ether oxygens (including phenoxy) is 2. The van der Waals surface area contributed by atoms with Crippen LogP contribution in [0.3, 0.4) is 0 Å². The summed E-state index contributed by atoms with van der Waals surface area (Å²) in [5.41, 5.74) is 1.42. The lowest BCUT2D eigenvalue weighted by molar-refractivity contribution is -0.118. The number of nitrogens with one attached hydrogen (secondary N) is 1. The van der Waals surface area contributed by atoms with Gasteiger partial charge >= 0.3 is 0 Å². The first kappa shape index (κ1) is 17.0. The van der Waals surface area contributed by atoms with Crippen LogP contribution >= 0.6 is 11.8 Å². The Balaban J connectivity index is 1.98. The Labute approximate surface area is 148 Å². The quantitative estimate of drug-likeness (QED) is 0.669. The molecule has 8 nitrogen and oxygen atoms in total. The topological polar surface area (TPSA) is 90.6 Å². The molecule has 0 aliphatic carbocycles. The van der Waals surface area contributed by atoms with E-state index in [9.17, 15) is 4.79 Å². The van der Waals surface area contributed by atoms with Crippen LogP contribution in [0.25, 0.3) is 17.0 Å². The van der Waals surface area contributed by atoms with Crippen molar-refractivity contribution in [3.63, 3.8) is 0 Å². The van der Waals surface area contributed by atoms with Gasteiger partial charge in [0.1, 0.15) is 5.03 Å². The molecule has 2 aromatic heterocycles. The van der Waals surface area contributed by atoms with Gasteiger partial charge in [0.05, 0.1) is 20.0 Å². The fraction of sp³-hybridized carbons (Fsp3) is 0.250. The summed E-state index contributed by atoms with van der Waals surface area (Å²) in [4.78, 5) is 11.4. The zero-order valence-electron chi connectivity index (χ0n) is 14.0. The number of aromatic nitrogens is 4. The van der Waals surface area contributed by atoms with Crippen molar-refractivity contribution in [3.8, 4) is 22.9 Å². The van der Waals surface area contributed by atoms with E-state index in [1.807, 2.05) is 24.3 Å². The van der Waals surface area contributed by atoms with Gasteiger partial charge in [0, 0.05) is 12.6 Å². The number of thioether (sulfide) groups is 1. The largest absolute Gasteiger partial charge is 0.493 e. The van der Waals surface area contributed by atoms with E-state index in [0.717, 1.165) is 5.56 Å². The van der Waals surface area contributed by atoms with E-state index in [0.29, 0.717) is 33.7 Å². The van der Waals surface area contributed by atoms with Crippen molar-refractivity contribution in [2.75, 3.05) is 27.0 Å². The molecule has 0 atom stereocenters. The number of fused-ring (bicyclic) bond motifs is 1. The summed E-state index contributed by atoms with van der Waals surface area (Å²) < 4.78 is 12.2.